The van der Waals surface area contributed by atoms with Crippen molar-refractivity contribution >= 4 is 28.7 Å². The number of nitrogens with one attached hydrogen (secondary N) is 1. The lowest BCUT2D eigenvalue weighted by molar-refractivity contribution is -0.142. The van der Waals surface area contributed by atoms with E-state index >= 15 is 0 Å². The molecule has 1 aromatic carbocycles. The molecule has 2 aromatic rings. The molecule has 0 saturated heterocycles. The summed E-state index contributed by atoms with van der Waals surface area (Å²) in [4.78, 5) is 18.1. The Kier molecular flexibility index (Phi) is 9.76. The summed E-state index contributed by atoms with van der Waals surface area (Å²) in [5, 5.41) is 6.69. The molecular weight excluding hydrogens is 400 g/mol. The Morgan fingerprint density at radius 2 is 2.10 bits per heavy atom. The first-order chi connectivity index (χ1) is 14.6. The maximum atomic E-state index is 11.5. The second kappa shape index (κ2) is 12.6. The molecule has 0 spiro atoms. The molecule has 0 saturated carbocycles. The van der Waals surface area contributed by atoms with Gasteiger partial charge in [-0.25, -0.2) is 4.98 Å². The quantitative estimate of drug-likeness (QED) is 0.226. The average Bonchev–Trinajstić information content (AvgIpc) is 3.16. The first-order valence-corrected chi connectivity index (χ1v) is 10.5. The van der Waals surface area contributed by atoms with E-state index in [4.69, 9.17) is 9.47 Å². The third-order valence-electron chi connectivity index (χ3n) is 4.03. The zero-order chi connectivity index (χ0) is 21.8. The molecule has 0 fully saturated rings. The summed E-state index contributed by atoms with van der Waals surface area (Å²) in [6.45, 7) is 12.0. The Balaban J connectivity index is 2.03. The van der Waals surface area contributed by atoms with Crippen molar-refractivity contribution in [2.24, 2.45) is 5.10 Å². The molecule has 1 N–H and O–H groups in total. The van der Waals surface area contributed by atoms with Crippen LogP contribution in [-0.4, -0.2) is 48.9 Å². The van der Waals surface area contributed by atoms with Gasteiger partial charge in [-0.1, -0.05) is 12.2 Å². The van der Waals surface area contributed by atoms with Crippen LogP contribution in [-0.2, 0) is 22.5 Å². The van der Waals surface area contributed by atoms with Gasteiger partial charge in [0.2, 0.25) is 5.13 Å². The molecule has 0 aliphatic rings. The van der Waals surface area contributed by atoms with Crippen LogP contribution in [0.3, 0.4) is 0 Å². The number of carbonyl (C=O) groups is 1. The topological polar surface area (TPSA) is 76.0 Å². The van der Waals surface area contributed by atoms with Crippen LogP contribution in [0, 0.1) is 0 Å². The lowest BCUT2D eigenvalue weighted by Crippen LogP contribution is -2.23. The minimum Gasteiger partial charge on any atom is -0.496 e. The van der Waals surface area contributed by atoms with Gasteiger partial charge >= 0.3 is 5.97 Å². The van der Waals surface area contributed by atoms with Gasteiger partial charge in [-0.15, -0.1) is 24.5 Å². The van der Waals surface area contributed by atoms with Gasteiger partial charge < -0.3 is 9.47 Å². The van der Waals surface area contributed by atoms with Crippen molar-refractivity contribution in [2.45, 2.75) is 19.9 Å². The van der Waals surface area contributed by atoms with Gasteiger partial charge in [-0.3, -0.25) is 15.1 Å². The molecule has 1 aromatic heterocycles. The number of rotatable bonds is 13. The van der Waals surface area contributed by atoms with Crippen LogP contribution >= 0.6 is 11.3 Å². The van der Waals surface area contributed by atoms with Crippen LogP contribution in [0.15, 0.2) is 54.0 Å². The van der Waals surface area contributed by atoms with E-state index in [0.717, 1.165) is 30.0 Å². The fourth-order valence-corrected chi connectivity index (χ4v) is 3.43. The van der Waals surface area contributed by atoms with Crippen LogP contribution in [0.5, 0.6) is 5.75 Å². The highest BCUT2D eigenvalue weighted by molar-refractivity contribution is 7.13. The van der Waals surface area contributed by atoms with E-state index in [9.17, 15) is 4.79 Å². The first kappa shape index (κ1) is 23.3. The fraction of sp³-hybridized carbons (Fsp3) is 0.318. The smallest absolute Gasteiger partial charge is 0.311 e. The molecule has 0 bridgehead atoms. The van der Waals surface area contributed by atoms with E-state index in [0.29, 0.717) is 24.0 Å². The summed E-state index contributed by atoms with van der Waals surface area (Å²) >= 11 is 1.38. The molecule has 7 nitrogen and oxygen atoms in total. The predicted octanol–water partition coefficient (Wildman–Crippen LogP) is 3.88. The highest BCUT2D eigenvalue weighted by Gasteiger charge is 2.10. The predicted molar refractivity (Wildman–Crippen MR) is 122 cm³/mol. The maximum Gasteiger partial charge on any atom is 0.311 e. The number of nitrogens with zero attached hydrogens (tertiary/aromatic N) is 3. The van der Waals surface area contributed by atoms with Gasteiger partial charge in [0.25, 0.3) is 0 Å². The Hall–Kier alpha value is -2.97. The normalized spacial score (nSPS) is 10.9. The minimum atomic E-state index is -0.287. The van der Waals surface area contributed by atoms with Crippen molar-refractivity contribution < 1.29 is 14.3 Å². The zero-order valence-corrected chi connectivity index (χ0v) is 18.3. The van der Waals surface area contributed by atoms with Gasteiger partial charge in [-0.05, 0) is 30.7 Å². The molecular formula is C22H28N4O3S. The van der Waals surface area contributed by atoms with Crippen LogP contribution in [0.25, 0.3) is 0 Å². The second-order valence-corrected chi connectivity index (χ2v) is 7.20. The molecule has 0 amide bonds. The molecule has 1 heterocycles. The number of methoxy groups -OCH3 is 1. The Morgan fingerprint density at radius 3 is 2.77 bits per heavy atom. The number of hydrogen-bond acceptors (Lipinski definition) is 8. The summed E-state index contributed by atoms with van der Waals surface area (Å²) < 4.78 is 10.4. The molecule has 0 aliphatic carbocycles. The number of anilines is 1. The summed E-state index contributed by atoms with van der Waals surface area (Å²) in [7, 11) is 1.66. The highest BCUT2D eigenvalue weighted by Crippen LogP contribution is 2.21. The van der Waals surface area contributed by atoms with Gasteiger partial charge in [-0.2, -0.15) is 5.10 Å². The van der Waals surface area contributed by atoms with Gasteiger partial charge in [0.05, 0.1) is 32.0 Å². The van der Waals surface area contributed by atoms with Crippen molar-refractivity contribution in [3.05, 3.63) is 65.7 Å². The zero-order valence-electron chi connectivity index (χ0n) is 17.5. The molecule has 0 radical (unpaired) electrons. The maximum absolute atomic E-state index is 11.5. The van der Waals surface area contributed by atoms with Crippen molar-refractivity contribution in [1.29, 1.82) is 0 Å². The van der Waals surface area contributed by atoms with E-state index in [1.165, 1.54) is 11.3 Å². The van der Waals surface area contributed by atoms with Gasteiger partial charge in [0.1, 0.15) is 5.75 Å². The lowest BCUT2D eigenvalue weighted by Gasteiger charge is -2.20. The molecule has 0 unspecified atom stereocenters. The molecule has 0 atom stereocenters. The third-order valence-corrected chi connectivity index (χ3v) is 4.83. The Bertz CT molecular complexity index is 869. The van der Waals surface area contributed by atoms with E-state index < -0.39 is 0 Å². The number of hydrazone groups is 1. The summed E-state index contributed by atoms with van der Waals surface area (Å²) in [5.74, 6) is 0.535. The first-order valence-electron chi connectivity index (χ1n) is 9.59. The number of ether oxygens (including phenoxy) is 2. The fourth-order valence-electron chi connectivity index (χ4n) is 2.77. The minimum absolute atomic E-state index is 0.156. The molecule has 30 heavy (non-hydrogen) atoms. The summed E-state index contributed by atoms with van der Waals surface area (Å²) in [5.41, 5.74) is 5.55. The monoisotopic (exact) mass is 428 g/mol. The van der Waals surface area contributed by atoms with Gasteiger partial charge in [0, 0.05) is 30.6 Å². The van der Waals surface area contributed by atoms with Crippen LogP contribution in [0.1, 0.15) is 23.7 Å². The number of benzene rings is 1. The highest BCUT2D eigenvalue weighted by atomic mass is 32.1. The molecule has 2 rings (SSSR count). The van der Waals surface area contributed by atoms with Crippen molar-refractivity contribution in [1.82, 2.24) is 9.88 Å². The van der Waals surface area contributed by atoms with Crippen molar-refractivity contribution in [3.63, 3.8) is 0 Å². The Morgan fingerprint density at radius 1 is 1.33 bits per heavy atom. The molecule has 160 valence electrons. The third kappa shape index (κ3) is 7.46. The second-order valence-electron chi connectivity index (χ2n) is 6.34. The number of esters is 1. The average molecular weight is 429 g/mol. The molecule has 8 heteroatoms. The van der Waals surface area contributed by atoms with E-state index in [-0.39, 0.29) is 12.4 Å². The van der Waals surface area contributed by atoms with Crippen molar-refractivity contribution in [3.8, 4) is 5.75 Å². The van der Waals surface area contributed by atoms with Crippen LogP contribution < -0.4 is 10.2 Å². The SMILES string of the molecule is C=CCN(CC=C)Cc1cc(C=NNc2nc(CC(=O)OCC)cs2)ccc1OC. The van der Waals surface area contributed by atoms with Crippen molar-refractivity contribution in [2.75, 3.05) is 32.2 Å². The van der Waals surface area contributed by atoms with E-state index in [1.54, 1.807) is 20.2 Å². The van der Waals surface area contributed by atoms with E-state index in [1.807, 2.05) is 35.7 Å². The number of thiazole rings is 1. The number of aromatic nitrogens is 1. The largest absolute Gasteiger partial charge is 0.496 e. The number of carbonyl (C=O) groups excluding carboxylic acids is 1. The lowest BCUT2D eigenvalue weighted by atomic mass is 10.1. The van der Waals surface area contributed by atoms with Crippen LogP contribution in [0.2, 0.25) is 0 Å². The standard InChI is InChI=1S/C22H28N4O3S/c1-5-10-26(11-6-2)15-18-12-17(8-9-20(18)28-4)14-23-25-22-24-19(16-30-22)13-21(27)29-7-3/h5-6,8-9,12,14,16H,1-2,7,10-11,13,15H2,3-4H3,(H,24,25). The molecule has 0 aliphatic heterocycles. The summed E-state index contributed by atoms with van der Waals surface area (Å²) in [6.07, 6.45) is 5.62. The van der Waals surface area contributed by atoms with E-state index in [2.05, 4.69) is 33.6 Å². The number of hydrogen-bond donors (Lipinski definition) is 1. The van der Waals surface area contributed by atoms with Gasteiger partial charge in [0.15, 0.2) is 0 Å². The summed E-state index contributed by atoms with van der Waals surface area (Å²) in [6, 6.07) is 5.90. The Labute approximate surface area is 181 Å². The van der Waals surface area contributed by atoms with Crippen LogP contribution in [0.4, 0.5) is 5.13 Å².